The normalized spacial score (nSPS) is 48.4. The minimum Gasteiger partial charge on any atom is -0.458 e. The van der Waals surface area contributed by atoms with Gasteiger partial charge in [-0.1, -0.05) is 25.5 Å². The number of alkyl halides is 1. The molecule has 0 radical (unpaired) electrons. The standard InChI is InChI=1S/C24H31FO6/c1-13-9-18-17-6-5-15-10-16(27)7-8-21(15,3)23(17,25)19(28)11-22(18,4)24(13,30)20(29)12-31-14(2)26/h7-8,10,13,17-19,28,30H,5-6,9,11-12H2,1-4H3/t13?,17?,18-,19-,21-,22-,23-,24-/m0/s1. The molecule has 8 atom stereocenters. The van der Waals surface area contributed by atoms with Gasteiger partial charge in [-0.15, -0.1) is 0 Å². The number of allylic oxidation sites excluding steroid dienone is 4. The zero-order valence-electron chi connectivity index (χ0n) is 18.5. The highest BCUT2D eigenvalue weighted by molar-refractivity contribution is 6.01. The number of ketones is 2. The van der Waals surface area contributed by atoms with Crippen molar-refractivity contribution < 1.29 is 33.7 Å². The van der Waals surface area contributed by atoms with E-state index < -0.39 is 58.4 Å². The summed E-state index contributed by atoms with van der Waals surface area (Å²) < 4.78 is 21.9. The van der Waals surface area contributed by atoms with Crippen LogP contribution in [0.3, 0.4) is 0 Å². The van der Waals surface area contributed by atoms with Gasteiger partial charge in [-0.25, -0.2) is 4.39 Å². The largest absolute Gasteiger partial charge is 0.458 e. The lowest BCUT2D eigenvalue weighted by molar-refractivity contribution is -0.219. The quantitative estimate of drug-likeness (QED) is 0.662. The summed E-state index contributed by atoms with van der Waals surface area (Å²) >= 11 is 0. The molecule has 170 valence electrons. The number of halogens is 1. The number of rotatable bonds is 3. The Bertz CT molecular complexity index is 910. The van der Waals surface area contributed by atoms with Gasteiger partial charge in [-0.2, -0.15) is 0 Å². The average Bonchev–Trinajstić information content (AvgIpc) is 2.89. The summed E-state index contributed by atoms with van der Waals surface area (Å²) in [6.07, 6.45) is 4.29. The van der Waals surface area contributed by atoms with Crippen molar-refractivity contribution in [3.8, 4) is 0 Å². The first-order chi connectivity index (χ1) is 14.3. The fourth-order valence-electron chi connectivity index (χ4n) is 7.42. The summed E-state index contributed by atoms with van der Waals surface area (Å²) in [4.78, 5) is 36.2. The first-order valence-electron chi connectivity index (χ1n) is 11.0. The number of hydrogen-bond donors (Lipinski definition) is 2. The van der Waals surface area contributed by atoms with Crippen LogP contribution in [-0.4, -0.2) is 51.7 Å². The molecule has 3 saturated carbocycles. The van der Waals surface area contributed by atoms with E-state index in [0.717, 1.165) is 0 Å². The van der Waals surface area contributed by atoms with Crippen LogP contribution in [0.15, 0.2) is 23.8 Å². The average molecular weight is 435 g/mol. The van der Waals surface area contributed by atoms with Gasteiger partial charge >= 0.3 is 5.97 Å². The molecule has 0 aromatic rings. The molecule has 4 aliphatic carbocycles. The number of Topliss-reactive ketones (excluding diaryl/α,β-unsaturated/α-hetero) is 1. The Balaban J connectivity index is 1.76. The van der Waals surface area contributed by atoms with Crippen molar-refractivity contribution in [3.05, 3.63) is 23.8 Å². The van der Waals surface area contributed by atoms with Gasteiger partial charge in [0.05, 0.1) is 6.10 Å². The van der Waals surface area contributed by atoms with Crippen molar-refractivity contribution in [1.29, 1.82) is 0 Å². The van der Waals surface area contributed by atoms with Crippen LogP contribution in [0.2, 0.25) is 0 Å². The van der Waals surface area contributed by atoms with Crippen LogP contribution in [0.1, 0.15) is 53.4 Å². The van der Waals surface area contributed by atoms with Crippen molar-refractivity contribution in [2.24, 2.45) is 28.6 Å². The van der Waals surface area contributed by atoms with Gasteiger partial charge in [-0.3, -0.25) is 14.4 Å². The van der Waals surface area contributed by atoms with Crippen LogP contribution in [-0.2, 0) is 19.1 Å². The van der Waals surface area contributed by atoms with E-state index in [0.29, 0.717) is 24.8 Å². The molecule has 0 aliphatic heterocycles. The summed E-state index contributed by atoms with van der Waals surface area (Å²) in [5, 5.41) is 22.9. The molecule has 6 nitrogen and oxygen atoms in total. The summed E-state index contributed by atoms with van der Waals surface area (Å²) in [5.41, 5.74) is -5.33. The molecular formula is C24H31FO6. The summed E-state index contributed by atoms with van der Waals surface area (Å²) in [6, 6.07) is 0. The molecule has 4 rings (SSSR count). The van der Waals surface area contributed by atoms with E-state index in [4.69, 9.17) is 4.74 Å². The molecule has 31 heavy (non-hydrogen) atoms. The molecule has 2 N–H and O–H groups in total. The Hall–Kier alpha value is -1.86. The molecule has 0 bridgehead atoms. The minimum absolute atomic E-state index is 0.0953. The van der Waals surface area contributed by atoms with E-state index in [1.54, 1.807) is 26.8 Å². The third-order valence-corrected chi connectivity index (χ3v) is 9.05. The lowest BCUT2D eigenvalue weighted by Crippen LogP contribution is -2.69. The van der Waals surface area contributed by atoms with E-state index in [1.807, 2.05) is 0 Å². The lowest BCUT2D eigenvalue weighted by Gasteiger charge is -2.62. The Kier molecular flexibility index (Phi) is 4.91. The Morgan fingerprint density at radius 1 is 1.29 bits per heavy atom. The third-order valence-electron chi connectivity index (χ3n) is 9.05. The van der Waals surface area contributed by atoms with Gasteiger partial charge in [0.1, 0.15) is 5.60 Å². The van der Waals surface area contributed by atoms with E-state index in [2.05, 4.69) is 0 Å². The summed E-state index contributed by atoms with van der Waals surface area (Å²) in [5.74, 6) is -2.80. The van der Waals surface area contributed by atoms with Gasteiger partial charge in [0.15, 0.2) is 18.1 Å². The number of carbonyl (C=O) groups excluding carboxylic acids is 3. The van der Waals surface area contributed by atoms with Gasteiger partial charge in [-0.05, 0) is 56.6 Å². The third kappa shape index (κ3) is 2.65. The fourth-order valence-corrected chi connectivity index (χ4v) is 7.42. The van der Waals surface area contributed by atoms with Crippen LogP contribution in [0, 0.1) is 28.6 Å². The van der Waals surface area contributed by atoms with Gasteiger partial charge < -0.3 is 14.9 Å². The Morgan fingerprint density at radius 2 is 1.97 bits per heavy atom. The van der Waals surface area contributed by atoms with Crippen LogP contribution in [0.4, 0.5) is 4.39 Å². The number of aliphatic hydroxyl groups is 2. The first kappa shape index (κ1) is 22.3. The van der Waals surface area contributed by atoms with Gasteiger partial charge in [0, 0.05) is 23.7 Å². The highest BCUT2D eigenvalue weighted by atomic mass is 19.1. The van der Waals surface area contributed by atoms with Crippen LogP contribution < -0.4 is 0 Å². The smallest absolute Gasteiger partial charge is 0.303 e. The van der Waals surface area contributed by atoms with Gasteiger partial charge in [0.2, 0.25) is 5.78 Å². The number of hydrogen-bond acceptors (Lipinski definition) is 6. The highest BCUT2D eigenvalue weighted by Gasteiger charge is 2.75. The van der Waals surface area contributed by atoms with Crippen LogP contribution in [0.5, 0.6) is 0 Å². The highest BCUT2D eigenvalue weighted by Crippen LogP contribution is 2.70. The predicted octanol–water partition coefficient (Wildman–Crippen LogP) is 2.47. The topological polar surface area (TPSA) is 101 Å². The van der Waals surface area contributed by atoms with Crippen LogP contribution in [0.25, 0.3) is 0 Å². The summed E-state index contributed by atoms with van der Waals surface area (Å²) in [7, 11) is 0. The number of esters is 1. The zero-order valence-corrected chi connectivity index (χ0v) is 18.5. The van der Waals surface area contributed by atoms with Crippen molar-refractivity contribution in [2.45, 2.75) is 70.8 Å². The van der Waals surface area contributed by atoms with E-state index >= 15 is 4.39 Å². The van der Waals surface area contributed by atoms with Crippen molar-refractivity contribution in [2.75, 3.05) is 6.61 Å². The molecule has 0 saturated heterocycles. The van der Waals surface area contributed by atoms with Crippen LogP contribution >= 0.6 is 0 Å². The molecule has 0 amide bonds. The maximum atomic E-state index is 17.0. The van der Waals surface area contributed by atoms with Crippen molar-refractivity contribution in [1.82, 2.24) is 0 Å². The molecule has 4 aliphatic rings. The Morgan fingerprint density at radius 3 is 2.61 bits per heavy atom. The molecule has 7 heteroatoms. The number of aliphatic hydroxyl groups excluding tert-OH is 1. The molecule has 0 aromatic carbocycles. The van der Waals surface area contributed by atoms with Gasteiger partial charge in [0.25, 0.3) is 0 Å². The number of carbonyl (C=O) groups is 3. The first-order valence-corrected chi connectivity index (χ1v) is 11.0. The molecule has 2 unspecified atom stereocenters. The van der Waals surface area contributed by atoms with Crippen molar-refractivity contribution >= 4 is 17.5 Å². The molecule has 0 spiro atoms. The zero-order chi connectivity index (χ0) is 23.0. The predicted molar refractivity (Wildman–Crippen MR) is 109 cm³/mol. The second-order valence-electron chi connectivity index (χ2n) is 10.4. The Labute approximate surface area is 181 Å². The number of fused-ring (bicyclic) bond motifs is 5. The van der Waals surface area contributed by atoms with Crippen molar-refractivity contribution in [3.63, 3.8) is 0 Å². The second-order valence-corrected chi connectivity index (χ2v) is 10.4. The SMILES string of the molecule is CC(=O)OCC(=O)[C@@]1(O)C(C)C[C@H]2C3CCC4=CC(=O)C=C[C@]4(C)[C@@]3(F)[C@@H](O)C[C@@]21C. The van der Waals surface area contributed by atoms with E-state index in [1.165, 1.54) is 19.1 Å². The lowest BCUT2D eigenvalue weighted by atomic mass is 9.44. The molecule has 3 fully saturated rings. The molecular weight excluding hydrogens is 403 g/mol. The molecule has 0 aromatic heterocycles. The maximum absolute atomic E-state index is 17.0. The van der Waals surface area contributed by atoms with E-state index in [9.17, 15) is 24.6 Å². The fraction of sp³-hybridized carbons (Fsp3) is 0.708. The monoisotopic (exact) mass is 434 g/mol. The molecule has 0 heterocycles. The van der Waals surface area contributed by atoms with E-state index in [-0.39, 0.29) is 18.1 Å². The second kappa shape index (κ2) is 6.82. The summed E-state index contributed by atoms with van der Waals surface area (Å²) in [6.45, 7) is 5.89. The maximum Gasteiger partial charge on any atom is 0.303 e. The minimum atomic E-state index is -2.01. The number of ether oxygens (including phenoxy) is 1.